The molecule has 0 aliphatic rings. The minimum absolute atomic E-state index is 0.152. The Morgan fingerprint density at radius 2 is 1.75 bits per heavy atom. The molecule has 4 heteroatoms. The minimum atomic E-state index is 0.152. The molecular weight excluding hydrogens is 166 g/mol. The fourth-order valence-electron chi connectivity index (χ4n) is 0.649. The third-order valence-electron chi connectivity index (χ3n) is 1.13. The Labute approximate surface area is 69.6 Å². The summed E-state index contributed by atoms with van der Waals surface area (Å²) in [5.74, 6) is 0.731. The lowest BCUT2D eigenvalue weighted by Gasteiger charge is -1.98. The molecule has 0 bridgehead atoms. The van der Waals surface area contributed by atoms with E-state index in [-0.39, 0.29) is 5.75 Å². The van der Waals surface area contributed by atoms with E-state index in [1.165, 1.54) is 19.2 Å². The molecule has 0 unspecified atom stereocenters. The largest absolute Gasteiger partial charge is 0.497 e. The number of benzene rings is 1. The van der Waals surface area contributed by atoms with Gasteiger partial charge in [-0.1, -0.05) is 6.07 Å². The maximum Gasteiger partial charge on any atom is 0.175 e. The summed E-state index contributed by atoms with van der Waals surface area (Å²) in [6.45, 7) is 0. The molecule has 0 aliphatic carbocycles. The summed E-state index contributed by atoms with van der Waals surface area (Å²) in [4.78, 5) is 3.48. The molecule has 12 heavy (non-hydrogen) atoms. The molecule has 68 valence electrons. The number of rotatable bonds is 2. The summed E-state index contributed by atoms with van der Waals surface area (Å²) < 4.78 is 25.8. The van der Waals surface area contributed by atoms with Crippen molar-refractivity contribution in [2.24, 2.45) is 0 Å². The smallest absolute Gasteiger partial charge is 0.175 e. The Balaban J connectivity index is 0.000000561. The number of hydrogen-bond donors (Lipinski definition) is 0. The number of hydrogen-bond acceptors (Lipinski definition) is 2. The van der Waals surface area contributed by atoms with E-state index in [0.717, 1.165) is 0 Å². The van der Waals surface area contributed by atoms with Crippen molar-refractivity contribution in [1.29, 1.82) is 0 Å². The highest BCUT2D eigenvalue weighted by Crippen LogP contribution is 2.18. The molecule has 0 fully saturated rings. The van der Waals surface area contributed by atoms with Crippen molar-refractivity contribution in [2.75, 3.05) is 14.3 Å². The summed E-state index contributed by atoms with van der Waals surface area (Å²) >= 11 is 0. The molecule has 1 rings (SSSR count). The second-order valence-corrected chi connectivity index (χ2v) is 1.76. The van der Waals surface area contributed by atoms with Gasteiger partial charge in [-0.05, 0) is 12.1 Å². The van der Waals surface area contributed by atoms with Crippen LogP contribution in [0.15, 0.2) is 24.3 Å². The minimum Gasteiger partial charge on any atom is -0.497 e. The first kappa shape index (κ1) is 10.7. The van der Waals surface area contributed by atoms with Crippen molar-refractivity contribution in [2.45, 2.75) is 0 Å². The van der Waals surface area contributed by atoms with Crippen molar-refractivity contribution in [3.63, 3.8) is 0 Å². The van der Waals surface area contributed by atoms with Gasteiger partial charge in [-0.2, -0.15) is 0 Å². The van der Waals surface area contributed by atoms with Crippen LogP contribution in [0.25, 0.3) is 0 Å². The van der Waals surface area contributed by atoms with Gasteiger partial charge >= 0.3 is 0 Å². The fourth-order valence-corrected chi connectivity index (χ4v) is 0.649. The van der Waals surface area contributed by atoms with E-state index in [1.807, 2.05) is 0 Å². The van der Waals surface area contributed by atoms with Crippen molar-refractivity contribution >= 4 is 0 Å². The molecule has 0 saturated carbocycles. The Hall–Kier alpha value is -1.32. The number of methoxy groups -OCH3 is 1. The van der Waals surface area contributed by atoms with Crippen LogP contribution in [0.1, 0.15) is 0 Å². The summed E-state index contributed by atoms with van der Waals surface area (Å²) in [6.07, 6.45) is 0. The highest BCUT2D eigenvalue weighted by molar-refractivity contribution is 5.32. The molecule has 0 amide bonds. The van der Waals surface area contributed by atoms with E-state index in [0.29, 0.717) is 12.9 Å². The van der Waals surface area contributed by atoms with Crippen LogP contribution in [0.2, 0.25) is 0 Å². The lowest BCUT2D eigenvalue weighted by molar-refractivity contribution is -0.00641. The first-order valence-corrected chi connectivity index (χ1v) is 3.17. The zero-order chi connectivity index (χ0) is 9.40. The van der Waals surface area contributed by atoms with E-state index >= 15 is 0 Å². The average molecular weight is 176 g/mol. The van der Waals surface area contributed by atoms with Gasteiger partial charge in [0.15, 0.2) is 5.75 Å². The lowest BCUT2D eigenvalue weighted by atomic mass is 10.3. The van der Waals surface area contributed by atoms with Crippen LogP contribution >= 0.6 is 0 Å². The first-order chi connectivity index (χ1) is 5.86. The Morgan fingerprint density at radius 3 is 2.25 bits per heavy atom. The van der Waals surface area contributed by atoms with Crippen LogP contribution in [-0.2, 0) is 0 Å². The zero-order valence-electron chi connectivity index (χ0n) is 6.88. The third-order valence-corrected chi connectivity index (χ3v) is 1.13. The topological polar surface area (TPSA) is 18.5 Å². The molecule has 0 aromatic heterocycles. The van der Waals surface area contributed by atoms with E-state index < -0.39 is 0 Å². The van der Waals surface area contributed by atoms with Gasteiger partial charge in [-0.25, -0.2) is 0 Å². The third kappa shape index (κ3) is 3.18. The molecule has 1 aromatic rings. The van der Waals surface area contributed by atoms with Gasteiger partial charge in [-0.15, -0.1) is 0 Å². The number of alkyl halides is 1. The molecule has 0 aliphatic heterocycles. The van der Waals surface area contributed by atoms with Crippen LogP contribution in [0.4, 0.5) is 8.92 Å². The maximum atomic E-state index is 11.5. The molecule has 0 saturated heterocycles. The maximum absolute atomic E-state index is 11.5. The van der Waals surface area contributed by atoms with Crippen LogP contribution in [0.5, 0.6) is 11.5 Å². The monoisotopic (exact) mass is 176 g/mol. The van der Waals surface area contributed by atoms with E-state index in [1.54, 1.807) is 12.1 Å². The highest BCUT2D eigenvalue weighted by Gasteiger charge is 1.94. The second-order valence-electron chi connectivity index (χ2n) is 1.76. The van der Waals surface area contributed by atoms with Crippen LogP contribution in [0, 0.1) is 0 Å². The van der Waals surface area contributed by atoms with Crippen molar-refractivity contribution in [1.82, 2.24) is 0 Å². The van der Waals surface area contributed by atoms with Crippen molar-refractivity contribution in [3.05, 3.63) is 24.3 Å². The van der Waals surface area contributed by atoms with Gasteiger partial charge in [0.2, 0.25) is 0 Å². The Bertz CT molecular complexity index is 197. The van der Waals surface area contributed by atoms with Crippen molar-refractivity contribution in [3.8, 4) is 11.5 Å². The highest BCUT2D eigenvalue weighted by atomic mass is 19.3. The van der Waals surface area contributed by atoms with E-state index in [4.69, 9.17) is 4.74 Å². The van der Waals surface area contributed by atoms with E-state index in [9.17, 15) is 8.92 Å². The number of ether oxygens (including phenoxy) is 1. The molecule has 0 spiro atoms. The van der Waals surface area contributed by atoms with E-state index in [2.05, 4.69) is 4.94 Å². The Morgan fingerprint density at radius 1 is 1.17 bits per heavy atom. The first-order valence-electron chi connectivity index (χ1n) is 3.17. The predicted molar refractivity (Wildman–Crippen MR) is 41.8 cm³/mol. The van der Waals surface area contributed by atoms with Crippen LogP contribution in [0.3, 0.4) is 0 Å². The SMILES string of the molecule is CF.COc1cccc(OF)c1. The van der Waals surface area contributed by atoms with Gasteiger partial charge in [0.1, 0.15) is 5.75 Å². The summed E-state index contributed by atoms with van der Waals surface area (Å²) in [7, 11) is 2.01. The normalized spacial score (nSPS) is 8.00. The summed E-state index contributed by atoms with van der Waals surface area (Å²) in [5.41, 5.74) is 0. The van der Waals surface area contributed by atoms with Gasteiger partial charge in [0, 0.05) is 10.6 Å². The molecule has 0 radical (unpaired) electrons. The number of halogens is 2. The molecule has 1 aromatic carbocycles. The average Bonchev–Trinajstić information content (AvgIpc) is 2.21. The molecule has 0 N–H and O–H groups in total. The van der Waals surface area contributed by atoms with Gasteiger partial charge in [-0.3, -0.25) is 9.33 Å². The standard InChI is InChI=1S/C7H7FO2.CH3F/c1-9-6-3-2-4-7(5-6)10-8;1-2/h2-5H,1H3;1H3. The molecule has 2 nitrogen and oxygen atoms in total. The lowest BCUT2D eigenvalue weighted by Crippen LogP contribution is -1.82. The van der Waals surface area contributed by atoms with Gasteiger partial charge < -0.3 is 4.74 Å². The quantitative estimate of drug-likeness (QED) is 0.689. The van der Waals surface area contributed by atoms with Crippen molar-refractivity contribution < 1.29 is 18.6 Å². The second kappa shape index (κ2) is 6.39. The molecule has 0 heterocycles. The summed E-state index contributed by atoms with van der Waals surface area (Å²) in [5, 5.41) is 0. The van der Waals surface area contributed by atoms with Crippen LogP contribution in [-0.4, -0.2) is 14.3 Å². The fraction of sp³-hybridized carbons (Fsp3) is 0.250. The Kier molecular flexibility index (Phi) is 5.69. The van der Waals surface area contributed by atoms with Crippen LogP contribution < -0.4 is 9.68 Å². The summed E-state index contributed by atoms with van der Waals surface area (Å²) in [6, 6.07) is 6.32. The molecule has 0 atom stereocenters. The zero-order valence-corrected chi connectivity index (χ0v) is 6.88. The van der Waals surface area contributed by atoms with Gasteiger partial charge in [0.05, 0.1) is 14.3 Å². The predicted octanol–water partition coefficient (Wildman–Crippen LogP) is 2.54. The van der Waals surface area contributed by atoms with Gasteiger partial charge in [0.25, 0.3) is 0 Å². The molecular formula is C8H10F2O2.